The lowest BCUT2D eigenvalue weighted by atomic mass is 10.2. The van der Waals surface area contributed by atoms with Gasteiger partial charge in [-0.2, -0.15) is 0 Å². The van der Waals surface area contributed by atoms with Crippen LogP contribution < -0.4 is 11.1 Å². The molecule has 0 aliphatic carbocycles. The third-order valence-corrected chi connectivity index (χ3v) is 2.34. The Bertz CT molecular complexity index is 220. The Kier molecular flexibility index (Phi) is 5.85. The molecule has 1 aliphatic heterocycles. The first kappa shape index (κ1) is 12.0. The van der Waals surface area contributed by atoms with Crippen molar-refractivity contribution in [1.82, 2.24) is 5.32 Å². The van der Waals surface area contributed by atoms with Gasteiger partial charge in [-0.05, 0) is 26.2 Å². The molecule has 1 rings (SSSR count). The summed E-state index contributed by atoms with van der Waals surface area (Å²) in [6.07, 6.45) is 7.64. The van der Waals surface area contributed by atoms with E-state index in [9.17, 15) is 0 Å². The summed E-state index contributed by atoms with van der Waals surface area (Å²) in [6, 6.07) is 0. The number of allylic oxidation sites excluding steroid dienone is 1. The first-order chi connectivity index (χ1) is 7.33. The highest BCUT2D eigenvalue weighted by molar-refractivity contribution is 5.77. The van der Waals surface area contributed by atoms with Crippen molar-refractivity contribution in [3.05, 3.63) is 12.2 Å². The first-order valence-electron chi connectivity index (χ1n) is 5.59. The Morgan fingerprint density at radius 3 is 3.20 bits per heavy atom. The molecule has 86 valence electrons. The number of ether oxygens (including phenoxy) is 1. The van der Waals surface area contributed by atoms with E-state index in [1.54, 1.807) is 0 Å². The maximum Gasteiger partial charge on any atom is 0.188 e. The molecule has 1 fully saturated rings. The van der Waals surface area contributed by atoms with Crippen LogP contribution in [0.5, 0.6) is 0 Å². The van der Waals surface area contributed by atoms with Crippen LogP contribution in [0.15, 0.2) is 17.1 Å². The average Bonchev–Trinajstić information content (AvgIpc) is 2.74. The van der Waals surface area contributed by atoms with E-state index in [1.807, 2.05) is 13.0 Å². The van der Waals surface area contributed by atoms with Crippen LogP contribution in [0.4, 0.5) is 0 Å². The van der Waals surface area contributed by atoms with Crippen molar-refractivity contribution < 1.29 is 4.74 Å². The van der Waals surface area contributed by atoms with Gasteiger partial charge in [0, 0.05) is 13.2 Å². The average molecular weight is 211 g/mol. The summed E-state index contributed by atoms with van der Waals surface area (Å²) in [6.45, 7) is 4.40. The SMILES string of the molecule is C/C=C/CCNC(N)=NCC1CCCO1. The number of hydrogen-bond acceptors (Lipinski definition) is 2. The molecule has 1 heterocycles. The van der Waals surface area contributed by atoms with Crippen molar-refractivity contribution in [2.24, 2.45) is 10.7 Å². The molecule has 1 saturated heterocycles. The van der Waals surface area contributed by atoms with Gasteiger partial charge in [0.1, 0.15) is 0 Å². The molecule has 0 bridgehead atoms. The third-order valence-electron chi connectivity index (χ3n) is 2.34. The maximum atomic E-state index is 5.69. The van der Waals surface area contributed by atoms with Crippen LogP contribution in [0.2, 0.25) is 0 Å². The zero-order chi connectivity index (χ0) is 10.9. The van der Waals surface area contributed by atoms with Crippen LogP contribution in [0, 0.1) is 0 Å². The molecule has 4 heteroatoms. The molecule has 15 heavy (non-hydrogen) atoms. The second-order valence-corrected chi connectivity index (χ2v) is 3.65. The minimum Gasteiger partial charge on any atom is -0.376 e. The summed E-state index contributed by atoms with van der Waals surface area (Å²) < 4.78 is 5.44. The zero-order valence-electron chi connectivity index (χ0n) is 9.41. The zero-order valence-corrected chi connectivity index (χ0v) is 9.41. The van der Waals surface area contributed by atoms with Gasteiger partial charge in [0.25, 0.3) is 0 Å². The summed E-state index contributed by atoms with van der Waals surface area (Å²) in [5.74, 6) is 0.523. The Hall–Kier alpha value is -1.03. The van der Waals surface area contributed by atoms with E-state index in [0.717, 1.165) is 32.4 Å². The number of nitrogens with zero attached hydrogens (tertiary/aromatic N) is 1. The normalized spacial score (nSPS) is 22.5. The van der Waals surface area contributed by atoms with E-state index in [0.29, 0.717) is 12.5 Å². The van der Waals surface area contributed by atoms with Gasteiger partial charge in [-0.3, -0.25) is 4.99 Å². The smallest absolute Gasteiger partial charge is 0.188 e. The summed E-state index contributed by atoms with van der Waals surface area (Å²) in [5.41, 5.74) is 5.69. The molecule has 0 aromatic carbocycles. The molecule has 1 atom stereocenters. The van der Waals surface area contributed by atoms with Gasteiger partial charge < -0.3 is 15.8 Å². The molecule has 1 unspecified atom stereocenters. The van der Waals surface area contributed by atoms with E-state index in [4.69, 9.17) is 10.5 Å². The first-order valence-corrected chi connectivity index (χ1v) is 5.59. The molecule has 0 aromatic heterocycles. The highest BCUT2D eigenvalue weighted by Crippen LogP contribution is 2.11. The molecule has 4 nitrogen and oxygen atoms in total. The summed E-state index contributed by atoms with van der Waals surface area (Å²) in [4.78, 5) is 4.24. The van der Waals surface area contributed by atoms with Crippen LogP contribution in [0.25, 0.3) is 0 Å². The van der Waals surface area contributed by atoms with E-state index >= 15 is 0 Å². The van der Waals surface area contributed by atoms with Crippen molar-refractivity contribution in [2.45, 2.75) is 32.3 Å². The maximum absolute atomic E-state index is 5.69. The van der Waals surface area contributed by atoms with Crippen LogP contribution in [0.3, 0.4) is 0 Å². The van der Waals surface area contributed by atoms with Crippen molar-refractivity contribution in [3.8, 4) is 0 Å². The van der Waals surface area contributed by atoms with Gasteiger partial charge in [0.15, 0.2) is 5.96 Å². The van der Waals surface area contributed by atoms with Crippen LogP contribution >= 0.6 is 0 Å². The van der Waals surface area contributed by atoms with E-state index < -0.39 is 0 Å². The van der Waals surface area contributed by atoms with Gasteiger partial charge in [-0.15, -0.1) is 0 Å². The predicted octanol–water partition coefficient (Wildman–Crippen LogP) is 1.04. The molecule has 0 amide bonds. The second kappa shape index (κ2) is 7.29. The van der Waals surface area contributed by atoms with E-state index in [-0.39, 0.29) is 6.10 Å². The summed E-state index contributed by atoms with van der Waals surface area (Å²) in [7, 11) is 0. The summed E-state index contributed by atoms with van der Waals surface area (Å²) in [5, 5.41) is 3.06. The van der Waals surface area contributed by atoms with Crippen LogP contribution in [-0.2, 0) is 4.74 Å². The van der Waals surface area contributed by atoms with Gasteiger partial charge in [0.2, 0.25) is 0 Å². The molecular weight excluding hydrogens is 190 g/mol. The quantitative estimate of drug-likeness (QED) is 0.309. The van der Waals surface area contributed by atoms with E-state index in [1.165, 1.54) is 0 Å². The van der Waals surface area contributed by atoms with Crippen molar-refractivity contribution in [2.75, 3.05) is 19.7 Å². The fourth-order valence-electron chi connectivity index (χ4n) is 1.49. The molecule has 0 radical (unpaired) electrons. The minimum atomic E-state index is 0.279. The number of nitrogens with one attached hydrogen (secondary N) is 1. The number of guanidine groups is 1. The van der Waals surface area contributed by atoms with Crippen LogP contribution in [-0.4, -0.2) is 31.8 Å². The van der Waals surface area contributed by atoms with Gasteiger partial charge >= 0.3 is 0 Å². The number of aliphatic imine (C=N–C) groups is 1. The van der Waals surface area contributed by atoms with E-state index in [2.05, 4.69) is 16.4 Å². The predicted molar refractivity (Wildman–Crippen MR) is 62.9 cm³/mol. The highest BCUT2D eigenvalue weighted by Gasteiger charge is 2.14. The topological polar surface area (TPSA) is 59.6 Å². The Labute approximate surface area is 91.6 Å². The van der Waals surface area contributed by atoms with Crippen molar-refractivity contribution in [1.29, 1.82) is 0 Å². The Morgan fingerprint density at radius 2 is 2.53 bits per heavy atom. The molecule has 0 spiro atoms. The number of hydrogen-bond donors (Lipinski definition) is 2. The van der Waals surface area contributed by atoms with Gasteiger partial charge in [-0.25, -0.2) is 0 Å². The second-order valence-electron chi connectivity index (χ2n) is 3.65. The fraction of sp³-hybridized carbons (Fsp3) is 0.727. The largest absolute Gasteiger partial charge is 0.376 e. The lowest BCUT2D eigenvalue weighted by molar-refractivity contribution is 0.118. The van der Waals surface area contributed by atoms with Crippen molar-refractivity contribution in [3.63, 3.8) is 0 Å². The molecule has 3 N–H and O–H groups in total. The summed E-state index contributed by atoms with van der Waals surface area (Å²) >= 11 is 0. The standard InChI is InChI=1S/C11H21N3O/c1-2-3-4-7-13-11(12)14-9-10-6-5-8-15-10/h2-3,10H,4-9H2,1H3,(H3,12,13,14)/b3-2+. The lowest BCUT2D eigenvalue weighted by Crippen LogP contribution is -2.33. The monoisotopic (exact) mass is 211 g/mol. The number of rotatable bonds is 5. The molecule has 1 aliphatic rings. The highest BCUT2D eigenvalue weighted by atomic mass is 16.5. The number of nitrogens with two attached hydrogens (primary N) is 1. The Morgan fingerprint density at radius 1 is 1.67 bits per heavy atom. The fourth-order valence-corrected chi connectivity index (χ4v) is 1.49. The minimum absolute atomic E-state index is 0.279. The third kappa shape index (κ3) is 5.42. The van der Waals surface area contributed by atoms with Crippen molar-refractivity contribution >= 4 is 5.96 Å². The molecular formula is C11H21N3O. The molecule has 0 saturated carbocycles. The lowest BCUT2D eigenvalue weighted by Gasteiger charge is -2.07. The molecule has 0 aromatic rings. The van der Waals surface area contributed by atoms with Gasteiger partial charge in [0.05, 0.1) is 12.6 Å². The Balaban J connectivity index is 2.09. The van der Waals surface area contributed by atoms with Gasteiger partial charge in [-0.1, -0.05) is 12.2 Å². The van der Waals surface area contributed by atoms with Crippen LogP contribution in [0.1, 0.15) is 26.2 Å².